The molecule has 0 aromatic carbocycles. The van der Waals surface area contributed by atoms with Crippen LogP contribution in [0.3, 0.4) is 0 Å². The number of thioether (sulfide) groups is 1. The lowest BCUT2D eigenvalue weighted by atomic mass is 10.5. The third-order valence-electron chi connectivity index (χ3n) is 1.75. The molecule has 0 saturated carbocycles. The molecule has 90 valence electrons. The SMILES string of the molecule is CC1CSC(CO)O1.Nc1ccnc(=O)[nH]1. The van der Waals surface area contributed by atoms with Gasteiger partial charge in [-0.3, -0.25) is 4.98 Å². The molecule has 6 nitrogen and oxygen atoms in total. The monoisotopic (exact) mass is 245 g/mol. The predicted molar refractivity (Wildman–Crippen MR) is 63.1 cm³/mol. The van der Waals surface area contributed by atoms with Crippen LogP contribution in [-0.4, -0.2) is 39.0 Å². The minimum Gasteiger partial charge on any atom is -0.393 e. The molecule has 1 aromatic heterocycles. The first-order valence-corrected chi connectivity index (χ1v) is 5.85. The molecule has 1 saturated heterocycles. The Bertz CT molecular complexity index is 371. The molecule has 0 spiro atoms. The zero-order valence-electron chi connectivity index (χ0n) is 8.92. The van der Waals surface area contributed by atoms with Gasteiger partial charge in [-0.05, 0) is 13.0 Å². The molecule has 2 rings (SSSR count). The minimum absolute atomic E-state index is 0.0463. The number of aromatic amines is 1. The van der Waals surface area contributed by atoms with E-state index in [1.54, 1.807) is 11.8 Å². The van der Waals surface area contributed by atoms with Gasteiger partial charge in [0.1, 0.15) is 11.3 Å². The maximum absolute atomic E-state index is 10.2. The van der Waals surface area contributed by atoms with Crippen LogP contribution in [0.1, 0.15) is 6.92 Å². The van der Waals surface area contributed by atoms with Crippen LogP contribution in [0.25, 0.3) is 0 Å². The standard InChI is InChI=1S/C5H10O2S.C4H5N3O/c1-4-3-8-5(2-6)7-4;5-3-1-2-6-4(8)7-3/h4-6H,2-3H2,1H3;1-2H,(H3,5,6,7,8). The molecular weight excluding hydrogens is 230 g/mol. The average molecular weight is 245 g/mol. The number of rotatable bonds is 1. The topological polar surface area (TPSA) is 101 Å². The van der Waals surface area contributed by atoms with E-state index in [2.05, 4.69) is 9.97 Å². The molecule has 7 heteroatoms. The van der Waals surface area contributed by atoms with Crippen LogP contribution in [0.4, 0.5) is 5.82 Å². The van der Waals surface area contributed by atoms with Crippen molar-refractivity contribution in [2.24, 2.45) is 0 Å². The quantitative estimate of drug-likeness (QED) is 0.634. The van der Waals surface area contributed by atoms with E-state index in [1.165, 1.54) is 12.3 Å². The van der Waals surface area contributed by atoms with Gasteiger partial charge < -0.3 is 15.6 Å². The normalized spacial score (nSPS) is 23.6. The predicted octanol–water partition coefficient (Wildman–Crippen LogP) is -0.191. The van der Waals surface area contributed by atoms with Crippen LogP contribution in [-0.2, 0) is 4.74 Å². The van der Waals surface area contributed by atoms with Crippen molar-refractivity contribution in [3.8, 4) is 0 Å². The second-order valence-corrected chi connectivity index (χ2v) is 4.41. The van der Waals surface area contributed by atoms with Crippen LogP contribution in [0, 0.1) is 0 Å². The Morgan fingerprint density at radius 3 is 2.88 bits per heavy atom. The summed E-state index contributed by atoms with van der Waals surface area (Å²) in [6.07, 6.45) is 1.69. The van der Waals surface area contributed by atoms with Gasteiger partial charge in [-0.1, -0.05) is 0 Å². The summed E-state index contributed by atoms with van der Waals surface area (Å²) in [6, 6.07) is 1.52. The molecule has 0 bridgehead atoms. The lowest BCUT2D eigenvalue weighted by Gasteiger charge is -2.03. The van der Waals surface area contributed by atoms with E-state index in [1.807, 2.05) is 6.92 Å². The van der Waals surface area contributed by atoms with Gasteiger partial charge in [-0.15, -0.1) is 11.8 Å². The number of nitrogens with one attached hydrogen (secondary N) is 1. The molecule has 1 aliphatic rings. The number of aliphatic hydroxyl groups excluding tert-OH is 1. The second-order valence-electron chi connectivity index (χ2n) is 3.22. The van der Waals surface area contributed by atoms with Gasteiger partial charge in [0.2, 0.25) is 0 Å². The van der Waals surface area contributed by atoms with Crippen LogP contribution in [0.2, 0.25) is 0 Å². The van der Waals surface area contributed by atoms with Gasteiger partial charge in [-0.2, -0.15) is 0 Å². The van der Waals surface area contributed by atoms with Gasteiger partial charge in [0, 0.05) is 11.9 Å². The lowest BCUT2D eigenvalue weighted by Crippen LogP contribution is -2.10. The molecule has 0 amide bonds. The van der Waals surface area contributed by atoms with Crippen molar-refractivity contribution in [3.05, 3.63) is 22.7 Å². The molecular formula is C9H15N3O3S. The third-order valence-corrected chi connectivity index (χ3v) is 3.04. The number of aromatic nitrogens is 2. The first kappa shape index (κ1) is 13.0. The number of hydrogen-bond donors (Lipinski definition) is 3. The van der Waals surface area contributed by atoms with Crippen molar-refractivity contribution >= 4 is 17.6 Å². The largest absolute Gasteiger partial charge is 0.393 e. The van der Waals surface area contributed by atoms with Gasteiger partial charge in [0.05, 0.1) is 12.7 Å². The Morgan fingerprint density at radius 1 is 1.81 bits per heavy atom. The molecule has 1 fully saturated rings. The molecule has 4 N–H and O–H groups in total. The van der Waals surface area contributed by atoms with Gasteiger partial charge >= 0.3 is 5.69 Å². The van der Waals surface area contributed by atoms with Crippen molar-refractivity contribution in [1.29, 1.82) is 0 Å². The summed E-state index contributed by atoms with van der Waals surface area (Å²) in [5, 5.41) is 8.54. The molecule has 2 atom stereocenters. The zero-order valence-corrected chi connectivity index (χ0v) is 9.74. The van der Waals surface area contributed by atoms with Gasteiger partial charge in [0.15, 0.2) is 0 Å². The smallest absolute Gasteiger partial charge is 0.346 e. The Morgan fingerprint density at radius 2 is 2.56 bits per heavy atom. The van der Waals surface area contributed by atoms with E-state index >= 15 is 0 Å². The Labute approximate surface area is 97.2 Å². The molecule has 1 aliphatic heterocycles. The van der Waals surface area contributed by atoms with E-state index in [-0.39, 0.29) is 12.0 Å². The molecule has 0 aliphatic carbocycles. The number of nitrogens with two attached hydrogens (primary N) is 1. The number of nitrogen functional groups attached to an aromatic ring is 1. The molecule has 0 radical (unpaired) electrons. The van der Waals surface area contributed by atoms with Crippen molar-refractivity contribution in [3.63, 3.8) is 0 Å². The number of hydrogen-bond acceptors (Lipinski definition) is 6. The number of aliphatic hydroxyl groups is 1. The van der Waals surface area contributed by atoms with Gasteiger partial charge in [0.25, 0.3) is 0 Å². The average Bonchev–Trinajstić information content (AvgIpc) is 2.65. The van der Waals surface area contributed by atoms with Crippen molar-refractivity contribution < 1.29 is 9.84 Å². The van der Waals surface area contributed by atoms with Gasteiger partial charge in [-0.25, -0.2) is 9.78 Å². The number of anilines is 1. The fourth-order valence-electron chi connectivity index (χ4n) is 1.06. The summed E-state index contributed by atoms with van der Waals surface area (Å²) >= 11 is 1.68. The van der Waals surface area contributed by atoms with Crippen molar-refractivity contribution in [2.75, 3.05) is 18.1 Å². The van der Waals surface area contributed by atoms with E-state index in [0.29, 0.717) is 11.9 Å². The Balaban J connectivity index is 0.000000160. The fourth-order valence-corrected chi connectivity index (χ4v) is 2.00. The van der Waals surface area contributed by atoms with E-state index in [0.717, 1.165) is 5.75 Å². The highest BCUT2D eigenvalue weighted by molar-refractivity contribution is 8.00. The van der Waals surface area contributed by atoms with Crippen LogP contribution < -0.4 is 11.4 Å². The lowest BCUT2D eigenvalue weighted by molar-refractivity contribution is 0.0445. The van der Waals surface area contributed by atoms with Crippen LogP contribution in [0.15, 0.2) is 17.1 Å². The molecule has 2 unspecified atom stereocenters. The molecule has 2 heterocycles. The zero-order chi connectivity index (χ0) is 12.0. The van der Waals surface area contributed by atoms with Crippen molar-refractivity contribution in [1.82, 2.24) is 9.97 Å². The summed E-state index contributed by atoms with van der Waals surface area (Å²) in [5.41, 5.74) is 4.80. The first-order valence-electron chi connectivity index (χ1n) is 4.80. The maximum atomic E-state index is 10.2. The van der Waals surface area contributed by atoms with E-state index in [9.17, 15) is 4.79 Å². The Kier molecular flexibility index (Phi) is 5.30. The summed E-state index contributed by atoms with van der Waals surface area (Å²) in [6.45, 7) is 2.16. The van der Waals surface area contributed by atoms with Crippen LogP contribution in [0.5, 0.6) is 0 Å². The summed E-state index contributed by atoms with van der Waals surface area (Å²) < 4.78 is 5.22. The summed E-state index contributed by atoms with van der Waals surface area (Å²) in [7, 11) is 0. The highest BCUT2D eigenvalue weighted by Gasteiger charge is 2.20. The minimum atomic E-state index is -0.412. The molecule has 1 aromatic rings. The summed E-state index contributed by atoms with van der Waals surface area (Å²) in [4.78, 5) is 15.9. The van der Waals surface area contributed by atoms with Crippen molar-refractivity contribution in [2.45, 2.75) is 18.5 Å². The number of H-pyrrole nitrogens is 1. The Hall–Kier alpha value is -1.05. The first-order chi connectivity index (χ1) is 7.61. The molecule has 16 heavy (non-hydrogen) atoms. The third kappa shape index (κ3) is 4.65. The highest BCUT2D eigenvalue weighted by atomic mass is 32.2. The highest BCUT2D eigenvalue weighted by Crippen LogP contribution is 2.23. The number of ether oxygens (including phenoxy) is 1. The fraction of sp³-hybridized carbons (Fsp3) is 0.556. The van der Waals surface area contributed by atoms with E-state index < -0.39 is 5.69 Å². The van der Waals surface area contributed by atoms with Crippen LogP contribution >= 0.6 is 11.8 Å². The summed E-state index contributed by atoms with van der Waals surface area (Å²) in [5.74, 6) is 1.36. The van der Waals surface area contributed by atoms with E-state index in [4.69, 9.17) is 15.6 Å². The maximum Gasteiger partial charge on any atom is 0.346 e. The second kappa shape index (κ2) is 6.51. The number of nitrogens with zero attached hydrogens (tertiary/aromatic N) is 1.